The average molecular weight is 270 g/mol. The highest BCUT2D eigenvalue weighted by molar-refractivity contribution is 5.94. The van der Waals surface area contributed by atoms with E-state index in [2.05, 4.69) is 20.3 Å². The van der Waals surface area contributed by atoms with E-state index in [-0.39, 0.29) is 5.91 Å². The van der Waals surface area contributed by atoms with Crippen molar-refractivity contribution in [3.05, 3.63) is 47.3 Å². The minimum Gasteiger partial charge on any atom is -0.352 e. The molecule has 0 aliphatic heterocycles. The van der Waals surface area contributed by atoms with Crippen LogP contribution in [0.4, 0.5) is 0 Å². The van der Waals surface area contributed by atoms with Crippen molar-refractivity contribution in [3.63, 3.8) is 0 Å². The molecule has 104 valence electrons. The molecule has 2 heterocycles. The molecule has 0 atom stereocenters. The van der Waals surface area contributed by atoms with Gasteiger partial charge in [0.05, 0.1) is 11.9 Å². The van der Waals surface area contributed by atoms with Crippen molar-refractivity contribution in [2.45, 2.75) is 32.1 Å². The predicted molar refractivity (Wildman–Crippen MR) is 75.5 cm³/mol. The largest absolute Gasteiger partial charge is 0.352 e. The highest BCUT2D eigenvalue weighted by Gasteiger charge is 2.13. The van der Waals surface area contributed by atoms with Gasteiger partial charge in [0, 0.05) is 36.7 Å². The molecule has 1 aliphatic rings. The molecule has 20 heavy (non-hydrogen) atoms. The number of amides is 1. The number of H-pyrrole nitrogens is 1. The van der Waals surface area contributed by atoms with Crippen molar-refractivity contribution < 1.29 is 4.79 Å². The molecule has 0 saturated heterocycles. The maximum Gasteiger partial charge on any atom is 0.252 e. The van der Waals surface area contributed by atoms with Crippen LogP contribution < -0.4 is 5.32 Å². The lowest BCUT2D eigenvalue weighted by Gasteiger charge is -2.15. The number of carbonyl (C=O) groups excluding carboxylic acids is 1. The van der Waals surface area contributed by atoms with E-state index in [4.69, 9.17) is 0 Å². The van der Waals surface area contributed by atoms with Gasteiger partial charge in [-0.3, -0.25) is 9.78 Å². The first-order valence-corrected chi connectivity index (χ1v) is 7.06. The fraction of sp³-hybridized carbons (Fsp3) is 0.400. The summed E-state index contributed by atoms with van der Waals surface area (Å²) >= 11 is 0. The molecule has 2 aromatic rings. The molecule has 0 radical (unpaired) electrons. The van der Waals surface area contributed by atoms with E-state index in [0.29, 0.717) is 12.1 Å². The number of rotatable bonds is 4. The molecule has 0 fully saturated rings. The molecule has 0 saturated carbocycles. The van der Waals surface area contributed by atoms with Crippen LogP contribution in [0.3, 0.4) is 0 Å². The van der Waals surface area contributed by atoms with E-state index in [1.54, 1.807) is 18.7 Å². The molecule has 1 aliphatic carbocycles. The second-order valence-electron chi connectivity index (χ2n) is 5.12. The Morgan fingerprint density at radius 1 is 1.30 bits per heavy atom. The molecule has 3 rings (SSSR count). The molecular formula is C15H18N4O. The Bertz CT molecular complexity index is 592. The topological polar surface area (TPSA) is 70.7 Å². The van der Waals surface area contributed by atoms with Gasteiger partial charge in [-0.25, -0.2) is 4.98 Å². The number of imidazole rings is 1. The number of carbonyl (C=O) groups is 1. The number of hydrogen-bond acceptors (Lipinski definition) is 3. The first-order chi connectivity index (χ1) is 9.83. The molecule has 0 unspecified atom stereocenters. The van der Waals surface area contributed by atoms with Gasteiger partial charge >= 0.3 is 0 Å². The minimum atomic E-state index is -0.0506. The lowest BCUT2D eigenvalue weighted by atomic mass is 9.95. The fourth-order valence-corrected chi connectivity index (χ4v) is 2.55. The Balaban J connectivity index is 1.59. The molecule has 2 aromatic heterocycles. The number of nitrogens with one attached hydrogen (secondary N) is 2. The number of fused-ring (bicyclic) bond motifs is 1. The monoisotopic (exact) mass is 270 g/mol. The van der Waals surface area contributed by atoms with Crippen LogP contribution >= 0.6 is 0 Å². The van der Waals surface area contributed by atoms with E-state index < -0.39 is 0 Å². The molecule has 5 heteroatoms. The van der Waals surface area contributed by atoms with Crippen LogP contribution in [0.15, 0.2) is 24.8 Å². The number of nitrogens with zero attached hydrogens (tertiary/aromatic N) is 2. The third-order valence-electron chi connectivity index (χ3n) is 3.67. The molecule has 2 N–H and O–H groups in total. The van der Waals surface area contributed by atoms with E-state index in [1.165, 1.54) is 18.4 Å². The van der Waals surface area contributed by atoms with Crippen molar-refractivity contribution in [2.24, 2.45) is 0 Å². The summed E-state index contributed by atoms with van der Waals surface area (Å²) in [6.07, 6.45) is 10.3. The van der Waals surface area contributed by atoms with Gasteiger partial charge in [0.1, 0.15) is 0 Å². The highest BCUT2D eigenvalue weighted by Crippen LogP contribution is 2.19. The quantitative estimate of drug-likeness (QED) is 0.887. The lowest BCUT2D eigenvalue weighted by molar-refractivity contribution is 0.0953. The fourth-order valence-electron chi connectivity index (χ4n) is 2.55. The average Bonchev–Trinajstić information content (AvgIpc) is 3.00. The maximum atomic E-state index is 12.1. The third-order valence-corrected chi connectivity index (χ3v) is 3.67. The van der Waals surface area contributed by atoms with Crippen molar-refractivity contribution in [1.82, 2.24) is 20.3 Å². The lowest BCUT2D eigenvalue weighted by Crippen LogP contribution is -2.26. The SMILES string of the molecule is O=C(NCCc1cnc[nH]1)c1cnc2c(c1)CCCC2. The normalized spacial score (nSPS) is 13.8. The zero-order chi connectivity index (χ0) is 13.8. The Morgan fingerprint density at radius 2 is 2.20 bits per heavy atom. The van der Waals surface area contributed by atoms with Crippen molar-refractivity contribution in [1.29, 1.82) is 0 Å². The van der Waals surface area contributed by atoms with Gasteiger partial charge in [-0.15, -0.1) is 0 Å². The van der Waals surface area contributed by atoms with Gasteiger partial charge in [0.2, 0.25) is 0 Å². The molecule has 5 nitrogen and oxygen atoms in total. The summed E-state index contributed by atoms with van der Waals surface area (Å²) in [4.78, 5) is 23.5. The summed E-state index contributed by atoms with van der Waals surface area (Å²) in [6, 6.07) is 1.99. The van der Waals surface area contributed by atoms with Crippen LogP contribution in [-0.4, -0.2) is 27.4 Å². The molecule has 1 amide bonds. The number of aryl methyl sites for hydroxylation is 2. The van der Waals surface area contributed by atoms with Gasteiger partial charge < -0.3 is 10.3 Å². The van der Waals surface area contributed by atoms with Crippen LogP contribution in [0.2, 0.25) is 0 Å². The first kappa shape index (κ1) is 12.8. The molecule has 0 spiro atoms. The summed E-state index contributed by atoms with van der Waals surface area (Å²) in [5, 5.41) is 2.92. The smallest absolute Gasteiger partial charge is 0.252 e. The van der Waals surface area contributed by atoms with Crippen LogP contribution in [0.25, 0.3) is 0 Å². The summed E-state index contributed by atoms with van der Waals surface area (Å²) in [5.41, 5.74) is 4.08. The second-order valence-corrected chi connectivity index (χ2v) is 5.12. The molecular weight excluding hydrogens is 252 g/mol. The van der Waals surface area contributed by atoms with Gasteiger partial charge in [0.15, 0.2) is 0 Å². The summed E-state index contributed by atoms with van der Waals surface area (Å²) in [7, 11) is 0. The van der Waals surface area contributed by atoms with Crippen LogP contribution in [0, 0.1) is 0 Å². The van der Waals surface area contributed by atoms with Gasteiger partial charge in [-0.2, -0.15) is 0 Å². The van der Waals surface area contributed by atoms with Crippen LogP contribution in [0.5, 0.6) is 0 Å². The molecule has 0 bridgehead atoms. The highest BCUT2D eigenvalue weighted by atomic mass is 16.1. The maximum absolute atomic E-state index is 12.1. The van der Waals surface area contributed by atoms with Crippen molar-refractivity contribution in [2.75, 3.05) is 6.54 Å². The number of pyridine rings is 1. The summed E-state index contributed by atoms with van der Waals surface area (Å²) in [6.45, 7) is 0.595. The predicted octanol–water partition coefficient (Wildman–Crippen LogP) is 1.66. The zero-order valence-corrected chi connectivity index (χ0v) is 11.4. The van der Waals surface area contributed by atoms with Gasteiger partial charge in [-0.1, -0.05) is 0 Å². The van der Waals surface area contributed by atoms with Crippen LogP contribution in [-0.2, 0) is 19.3 Å². The number of aromatic nitrogens is 3. The zero-order valence-electron chi connectivity index (χ0n) is 11.4. The van der Waals surface area contributed by atoms with E-state index in [9.17, 15) is 4.79 Å². The van der Waals surface area contributed by atoms with Crippen molar-refractivity contribution >= 4 is 5.91 Å². The van der Waals surface area contributed by atoms with E-state index >= 15 is 0 Å². The Morgan fingerprint density at radius 3 is 3.05 bits per heavy atom. The summed E-state index contributed by atoms with van der Waals surface area (Å²) in [5.74, 6) is -0.0506. The standard InChI is InChI=1S/C15H18N4O/c20-15(17-6-5-13-9-16-10-19-13)12-7-11-3-1-2-4-14(11)18-8-12/h7-10H,1-6H2,(H,16,19)(H,17,20). The van der Waals surface area contributed by atoms with Crippen LogP contribution in [0.1, 0.15) is 40.2 Å². The van der Waals surface area contributed by atoms with E-state index in [1.807, 2.05) is 6.07 Å². The number of aromatic amines is 1. The first-order valence-electron chi connectivity index (χ1n) is 7.06. The van der Waals surface area contributed by atoms with Crippen molar-refractivity contribution in [3.8, 4) is 0 Å². The summed E-state index contributed by atoms with van der Waals surface area (Å²) < 4.78 is 0. The Labute approximate surface area is 117 Å². The van der Waals surface area contributed by atoms with Gasteiger partial charge in [0.25, 0.3) is 5.91 Å². The van der Waals surface area contributed by atoms with Gasteiger partial charge in [-0.05, 0) is 37.3 Å². The Hall–Kier alpha value is -2.17. The molecule has 0 aromatic carbocycles. The number of hydrogen-bond donors (Lipinski definition) is 2. The second kappa shape index (κ2) is 5.86. The Kier molecular flexibility index (Phi) is 3.76. The van der Waals surface area contributed by atoms with E-state index in [0.717, 1.165) is 30.7 Å². The third kappa shape index (κ3) is 2.87. The minimum absolute atomic E-state index is 0.0506.